The summed E-state index contributed by atoms with van der Waals surface area (Å²) in [6, 6.07) is 19.9. The lowest BCUT2D eigenvalue weighted by Gasteiger charge is -2.12. The monoisotopic (exact) mass is 760 g/mol. The second-order valence-corrected chi connectivity index (χ2v) is 13.3. The summed E-state index contributed by atoms with van der Waals surface area (Å²) in [5, 5.41) is 24.0. The first-order valence-corrected chi connectivity index (χ1v) is 17.6. The Bertz CT molecular complexity index is 2480. The van der Waals surface area contributed by atoms with Crippen molar-refractivity contribution in [3.05, 3.63) is 135 Å². The van der Waals surface area contributed by atoms with Gasteiger partial charge in [0.25, 0.3) is 0 Å². The summed E-state index contributed by atoms with van der Waals surface area (Å²) < 4.78 is 7.58. The Morgan fingerprint density at radius 1 is 0.673 bits per heavy atom. The van der Waals surface area contributed by atoms with Gasteiger partial charge in [-0.3, -0.25) is 4.98 Å². The quantitative estimate of drug-likeness (QED) is 0.147. The van der Waals surface area contributed by atoms with Gasteiger partial charge < -0.3 is 10.6 Å². The van der Waals surface area contributed by atoms with Gasteiger partial charge in [-0.25, -0.2) is 19.1 Å². The number of aromatic amines is 1. The van der Waals surface area contributed by atoms with Crippen molar-refractivity contribution in [1.29, 1.82) is 0 Å². The van der Waals surface area contributed by atoms with Crippen molar-refractivity contribution < 1.29 is 0 Å². The van der Waals surface area contributed by atoms with Crippen molar-refractivity contribution in [2.24, 2.45) is 0 Å². The summed E-state index contributed by atoms with van der Waals surface area (Å²) in [6.45, 7) is 9.44. The predicted octanol–water partition coefficient (Wildman–Crippen LogP) is 6.15. The summed E-state index contributed by atoms with van der Waals surface area (Å²) in [6.07, 6.45) is 11.0. The molecule has 0 spiro atoms. The predicted molar refractivity (Wildman–Crippen MR) is 202 cm³/mol. The molecule has 0 aliphatic heterocycles. The Morgan fingerprint density at radius 2 is 1.21 bits per heavy atom. The van der Waals surface area contributed by atoms with Gasteiger partial charge in [-0.1, -0.05) is 64.1 Å². The average Bonchev–Trinajstić information content (AvgIpc) is 3.97. The fourth-order valence-electron chi connectivity index (χ4n) is 5.79. The van der Waals surface area contributed by atoms with Crippen LogP contribution in [0, 0.1) is 0 Å². The zero-order chi connectivity index (χ0) is 36.2. The number of aromatic nitrogens is 12. The number of para-hydroxylation sites is 2. The topological polar surface area (TPSA) is 166 Å². The van der Waals surface area contributed by atoms with Crippen LogP contribution >= 0.6 is 15.9 Å². The van der Waals surface area contributed by atoms with E-state index in [4.69, 9.17) is 0 Å². The summed E-state index contributed by atoms with van der Waals surface area (Å²) in [7, 11) is 0. The summed E-state index contributed by atoms with van der Waals surface area (Å²) >= 11 is 3.41. The molecule has 0 fully saturated rings. The van der Waals surface area contributed by atoms with Gasteiger partial charge in [-0.15, -0.1) is 0 Å². The molecule has 0 atom stereocenters. The highest BCUT2D eigenvalue weighted by Gasteiger charge is 2.16. The SMILES string of the molecule is CC(C)c1cnn2c(NCc3ccccc3-n3cccn3)nc(=O)[nH]c12.CC(C)c1cnn2c(NCc3ccccc3-n3cccn3)nc(Br)nc12. The third-order valence-corrected chi connectivity index (χ3v) is 8.76. The number of halogens is 1. The fourth-order valence-corrected chi connectivity index (χ4v) is 6.12. The zero-order valence-corrected chi connectivity index (χ0v) is 30.6. The number of H-pyrrole nitrogens is 1. The molecule has 0 amide bonds. The van der Waals surface area contributed by atoms with Crippen LogP contribution in [0.25, 0.3) is 22.7 Å². The number of nitrogens with zero attached hydrogens (tertiary/aromatic N) is 11. The average molecular weight is 762 g/mol. The number of benzene rings is 2. The lowest BCUT2D eigenvalue weighted by Crippen LogP contribution is -2.19. The Balaban J connectivity index is 0.000000162. The fraction of sp³-hybridized carbons (Fsp3) is 0.222. The number of hydrogen-bond donors (Lipinski definition) is 3. The number of anilines is 2. The van der Waals surface area contributed by atoms with Crippen molar-refractivity contribution in [3.63, 3.8) is 0 Å². The maximum absolute atomic E-state index is 12.0. The van der Waals surface area contributed by atoms with E-state index >= 15 is 0 Å². The molecule has 16 heteroatoms. The Labute approximate surface area is 306 Å². The molecule has 0 saturated heterocycles. The van der Waals surface area contributed by atoms with Crippen molar-refractivity contribution in [1.82, 2.24) is 58.7 Å². The lowest BCUT2D eigenvalue weighted by atomic mass is 10.1. The molecular weight excluding hydrogens is 724 g/mol. The van der Waals surface area contributed by atoms with Gasteiger partial charge in [-0.05, 0) is 63.2 Å². The van der Waals surface area contributed by atoms with Crippen molar-refractivity contribution in [2.45, 2.75) is 52.6 Å². The Hall–Kier alpha value is -6.16. The van der Waals surface area contributed by atoms with Crippen LogP contribution in [0.15, 0.2) is 107 Å². The maximum atomic E-state index is 12.0. The van der Waals surface area contributed by atoms with Gasteiger partial charge in [0.1, 0.15) is 5.65 Å². The molecule has 2 aromatic carbocycles. The van der Waals surface area contributed by atoms with E-state index in [2.05, 4.69) is 101 Å². The summed E-state index contributed by atoms with van der Waals surface area (Å²) in [4.78, 5) is 27.7. The molecule has 0 aliphatic carbocycles. The molecule has 0 radical (unpaired) electrons. The van der Waals surface area contributed by atoms with Gasteiger partial charge in [0.2, 0.25) is 16.6 Å². The molecule has 8 rings (SSSR count). The first-order valence-electron chi connectivity index (χ1n) is 16.8. The van der Waals surface area contributed by atoms with Gasteiger partial charge in [0.05, 0.1) is 23.8 Å². The minimum absolute atomic E-state index is 0.249. The van der Waals surface area contributed by atoms with Crippen LogP contribution in [0.3, 0.4) is 0 Å². The number of hydrogen-bond acceptors (Lipinski definition) is 10. The molecule has 15 nitrogen and oxygen atoms in total. The standard InChI is InChI=1S/C18H18BrN7.C18H19N7O/c1-12(2)14-11-22-26-16(14)23-17(19)24-18(26)20-10-13-6-3-4-7-15(13)25-9-5-8-21-25;1-12(2)14-11-21-25-16(14)22-18(26)23-17(25)19-10-13-6-3-4-7-15(13)24-9-5-8-20-24/h3-9,11-12H,10H2,1-2H3,(H,20,23,24);3-9,11-12H,10H2,1-2H3,(H2,19,22,23,26). The minimum Gasteiger partial charge on any atom is -0.350 e. The first kappa shape index (κ1) is 34.3. The molecule has 3 N–H and O–H groups in total. The maximum Gasteiger partial charge on any atom is 0.349 e. The van der Waals surface area contributed by atoms with Crippen molar-refractivity contribution >= 4 is 39.1 Å². The highest BCUT2D eigenvalue weighted by Crippen LogP contribution is 2.24. The van der Waals surface area contributed by atoms with E-state index in [1.807, 2.05) is 82.6 Å². The molecule has 8 aromatic rings. The summed E-state index contributed by atoms with van der Waals surface area (Å²) in [5.41, 5.74) is 7.28. The van der Waals surface area contributed by atoms with E-state index in [9.17, 15) is 4.79 Å². The van der Waals surface area contributed by atoms with Crippen LogP contribution in [0.5, 0.6) is 0 Å². The first-order chi connectivity index (χ1) is 25.3. The third-order valence-electron chi connectivity index (χ3n) is 8.40. The van der Waals surface area contributed by atoms with Crippen molar-refractivity contribution in [2.75, 3.05) is 10.6 Å². The van der Waals surface area contributed by atoms with Crippen LogP contribution in [0.4, 0.5) is 11.9 Å². The van der Waals surface area contributed by atoms with Crippen LogP contribution < -0.4 is 16.3 Å². The van der Waals surface area contributed by atoms with Crippen LogP contribution in [-0.4, -0.2) is 58.7 Å². The Morgan fingerprint density at radius 3 is 1.77 bits per heavy atom. The van der Waals surface area contributed by atoms with Gasteiger partial charge in [0.15, 0.2) is 5.65 Å². The van der Waals surface area contributed by atoms with Gasteiger partial charge in [0, 0.05) is 49.0 Å². The van der Waals surface area contributed by atoms with E-state index in [1.165, 1.54) is 0 Å². The van der Waals surface area contributed by atoms with Crippen molar-refractivity contribution in [3.8, 4) is 11.4 Å². The molecule has 0 bridgehead atoms. The third kappa shape index (κ3) is 7.18. The van der Waals surface area contributed by atoms with Crippen LogP contribution in [-0.2, 0) is 13.1 Å². The number of fused-ring (bicyclic) bond motifs is 2. The molecule has 0 aliphatic rings. The van der Waals surface area contributed by atoms with E-state index < -0.39 is 5.69 Å². The largest absolute Gasteiger partial charge is 0.350 e. The van der Waals surface area contributed by atoms with E-state index in [1.54, 1.807) is 27.6 Å². The number of nitrogens with one attached hydrogen (secondary N) is 3. The van der Waals surface area contributed by atoms with E-state index in [0.29, 0.717) is 41.3 Å². The molecule has 264 valence electrons. The molecule has 6 aromatic heterocycles. The van der Waals surface area contributed by atoms with Gasteiger partial charge >= 0.3 is 5.69 Å². The lowest BCUT2D eigenvalue weighted by molar-refractivity contribution is 0.841. The summed E-state index contributed by atoms with van der Waals surface area (Å²) in [5.74, 6) is 1.64. The highest BCUT2D eigenvalue weighted by atomic mass is 79.9. The second-order valence-electron chi connectivity index (χ2n) is 12.6. The zero-order valence-electron chi connectivity index (χ0n) is 29.0. The molecule has 52 heavy (non-hydrogen) atoms. The second kappa shape index (κ2) is 15.0. The molecular formula is C36H37BrN14O. The number of rotatable bonds is 10. The molecule has 6 heterocycles. The van der Waals surface area contributed by atoms with Crippen LogP contribution in [0.1, 0.15) is 61.8 Å². The minimum atomic E-state index is -0.400. The Kier molecular flexibility index (Phi) is 9.88. The molecule has 0 saturated carbocycles. The van der Waals surface area contributed by atoms with Crippen LogP contribution in [0.2, 0.25) is 0 Å². The molecule has 0 unspecified atom stereocenters. The highest BCUT2D eigenvalue weighted by molar-refractivity contribution is 9.10. The normalized spacial score (nSPS) is 11.4. The van der Waals surface area contributed by atoms with Gasteiger partial charge in [-0.2, -0.15) is 39.4 Å². The smallest absolute Gasteiger partial charge is 0.349 e. The van der Waals surface area contributed by atoms with E-state index in [0.717, 1.165) is 39.3 Å². The van der Waals surface area contributed by atoms with E-state index in [-0.39, 0.29) is 5.92 Å².